The number of anilines is 1. The summed E-state index contributed by atoms with van der Waals surface area (Å²) in [5, 5.41) is 17.3. The summed E-state index contributed by atoms with van der Waals surface area (Å²) in [6.07, 6.45) is 4.46. The largest absolute Gasteiger partial charge is 0.396 e. The van der Waals surface area contributed by atoms with Gasteiger partial charge in [-0.05, 0) is 31.2 Å². The first-order valence-corrected chi connectivity index (χ1v) is 14.9. The van der Waals surface area contributed by atoms with E-state index in [1.165, 1.54) is 11.8 Å². The molecule has 36 heavy (non-hydrogen) atoms. The molecule has 10 nitrogen and oxygen atoms in total. The van der Waals surface area contributed by atoms with Gasteiger partial charge in [0.1, 0.15) is 10.4 Å². The van der Waals surface area contributed by atoms with Gasteiger partial charge in [-0.2, -0.15) is 5.10 Å². The monoisotopic (exact) mass is 530 g/mol. The zero-order valence-corrected chi connectivity index (χ0v) is 21.6. The summed E-state index contributed by atoms with van der Waals surface area (Å²) in [6.45, 7) is 3.81. The molecule has 2 saturated heterocycles. The lowest BCUT2D eigenvalue weighted by Crippen LogP contribution is -2.42. The third-order valence-corrected chi connectivity index (χ3v) is 11.4. The number of ether oxygens (including phenoxy) is 1. The highest BCUT2D eigenvalue weighted by atomic mass is 32.3. The van der Waals surface area contributed by atoms with E-state index in [0.717, 1.165) is 52.1 Å². The standard InChI is InChI=1S/C24H30N6O4S2/c31-11-6-16-4-7-30(8-5-16)36(32,33)21-14-20-22(35-21)24(29-9-12-34-13-10-29)27-23(26-20)17-2-1-3-19-18(17)15-25-28-19/h1-3,15-16,21,31H,4-14H2,(H,25,28). The molecule has 12 heteroatoms. The van der Waals surface area contributed by atoms with Crippen LogP contribution in [0.15, 0.2) is 29.3 Å². The molecular formula is C24H30N6O4S2. The Bertz CT molecular complexity index is 1350. The van der Waals surface area contributed by atoms with Crippen LogP contribution in [0, 0.1) is 5.92 Å². The van der Waals surface area contributed by atoms with Crippen molar-refractivity contribution in [3.63, 3.8) is 0 Å². The second-order valence-corrected chi connectivity index (χ2v) is 13.2. The molecule has 0 saturated carbocycles. The van der Waals surface area contributed by atoms with E-state index in [2.05, 4.69) is 15.1 Å². The third-order valence-electron chi connectivity index (χ3n) is 7.37. The quantitative estimate of drug-likeness (QED) is 0.494. The van der Waals surface area contributed by atoms with Crippen LogP contribution in [0.3, 0.4) is 0 Å². The SMILES string of the molecule is O=S(=O)(C1Cc2nc(-c3cccc4[nH]ncc34)nc(N3CCOCC3)c2S1)N1CCC(CCO)CC1. The molecule has 1 aromatic carbocycles. The Morgan fingerprint density at radius 2 is 1.94 bits per heavy atom. The number of nitrogens with zero attached hydrogens (tertiary/aromatic N) is 5. The normalized spacial score (nSPS) is 21.8. The third kappa shape index (κ3) is 4.38. The van der Waals surface area contributed by atoms with Gasteiger partial charge in [0.25, 0.3) is 0 Å². The number of aliphatic hydroxyl groups excluding tert-OH is 1. The number of morpholine rings is 1. The van der Waals surface area contributed by atoms with Crippen LogP contribution in [-0.4, -0.2) is 88.6 Å². The number of H-pyrrole nitrogens is 1. The minimum atomic E-state index is -3.51. The lowest BCUT2D eigenvalue weighted by atomic mass is 9.95. The van der Waals surface area contributed by atoms with E-state index in [9.17, 15) is 13.5 Å². The molecule has 192 valence electrons. The molecule has 3 aliphatic rings. The first-order chi connectivity index (χ1) is 17.5. The maximum absolute atomic E-state index is 13.7. The van der Waals surface area contributed by atoms with Crippen molar-refractivity contribution in [2.24, 2.45) is 5.92 Å². The lowest BCUT2D eigenvalue weighted by Gasteiger charge is -2.32. The molecule has 2 fully saturated rings. The number of rotatable bonds is 6. The zero-order valence-electron chi connectivity index (χ0n) is 20.0. The number of hydrogen-bond donors (Lipinski definition) is 2. The van der Waals surface area contributed by atoms with Crippen LogP contribution in [0.2, 0.25) is 0 Å². The van der Waals surface area contributed by atoms with Crippen LogP contribution in [0.4, 0.5) is 5.82 Å². The van der Waals surface area contributed by atoms with Crippen LogP contribution < -0.4 is 4.90 Å². The molecule has 5 heterocycles. The van der Waals surface area contributed by atoms with E-state index in [1.54, 1.807) is 10.5 Å². The van der Waals surface area contributed by atoms with Gasteiger partial charge in [-0.25, -0.2) is 22.7 Å². The summed E-state index contributed by atoms with van der Waals surface area (Å²) in [7, 11) is -3.51. The maximum atomic E-state index is 13.7. The molecule has 0 radical (unpaired) electrons. The number of aliphatic hydroxyl groups is 1. The summed E-state index contributed by atoms with van der Waals surface area (Å²) in [5.74, 6) is 1.77. The van der Waals surface area contributed by atoms with Crippen molar-refractivity contribution in [2.75, 3.05) is 50.9 Å². The van der Waals surface area contributed by atoms with Gasteiger partial charge in [-0.1, -0.05) is 23.9 Å². The van der Waals surface area contributed by atoms with E-state index < -0.39 is 14.6 Å². The average Bonchev–Trinajstić information content (AvgIpc) is 3.57. The molecule has 0 amide bonds. The predicted octanol–water partition coefficient (Wildman–Crippen LogP) is 2.25. The summed E-state index contributed by atoms with van der Waals surface area (Å²) < 4.78 is 33.9. The first kappa shape index (κ1) is 24.1. The molecule has 0 bridgehead atoms. The fourth-order valence-electron chi connectivity index (χ4n) is 5.31. The lowest BCUT2D eigenvalue weighted by molar-refractivity contribution is 0.122. The molecule has 1 atom stereocenters. The van der Waals surface area contributed by atoms with Gasteiger partial charge in [0, 0.05) is 50.2 Å². The molecule has 3 aromatic rings. The maximum Gasteiger partial charge on any atom is 0.227 e. The highest BCUT2D eigenvalue weighted by Crippen LogP contribution is 2.46. The number of fused-ring (bicyclic) bond motifs is 2. The molecule has 2 N–H and O–H groups in total. The van der Waals surface area contributed by atoms with Gasteiger partial charge in [-0.15, -0.1) is 0 Å². The van der Waals surface area contributed by atoms with Crippen molar-refractivity contribution in [3.8, 4) is 11.4 Å². The molecule has 3 aliphatic heterocycles. The molecule has 0 aliphatic carbocycles. The van der Waals surface area contributed by atoms with Crippen LogP contribution in [-0.2, 0) is 21.2 Å². The van der Waals surface area contributed by atoms with Crippen molar-refractivity contribution >= 4 is 38.5 Å². The van der Waals surface area contributed by atoms with Crippen LogP contribution in [0.5, 0.6) is 0 Å². The molecule has 2 aromatic heterocycles. The molecule has 0 spiro atoms. The van der Waals surface area contributed by atoms with E-state index >= 15 is 0 Å². The minimum Gasteiger partial charge on any atom is -0.396 e. The Kier molecular flexibility index (Phi) is 6.63. The number of aromatic nitrogens is 4. The Balaban J connectivity index is 1.34. The second kappa shape index (κ2) is 9.90. The number of nitrogens with one attached hydrogen (secondary N) is 1. The topological polar surface area (TPSA) is 125 Å². The van der Waals surface area contributed by atoms with Crippen LogP contribution >= 0.6 is 11.8 Å². The number of aromatic amines is 1. The highest BCUT2D eigenvalue weighted by Gasteiger charge is 2.41. The van der Waals surface area contributed by atoms with Crippen molar-refractivity contribution in [2.45, 2.75) is 35.2 Å². The fraction of sp³-hybridized carbons (Fsp3) is 0.542. The Labute approximate surface area is 214 Å². The van der Waals surface area contributed by atoms with Gasteiger partial charge >= 0.3 is 0 Å². The minimum absolute atomic E-state index is 0.156. The summed E-state index contributed by atoms with van der Waals surface area (Å²) in [5.41, 5.74) is 2.57. The van der Waals surface area contributed by atoms with Crippen molar-refractivity contribution in [3.05, 3.63) is 30.1 Å². The smallest absolute Gasteiger partial charge is 0.227 e. The number of piperidine rings is 1. The zero-order chi connectivity index (χ0) is 24.7. The van der Waals surface area contributed by atoms with E-state index in [4.69, 9.17) is 14.7 Å². The van der Waals surface area contributed by atoms with E-state index in [-0.39, 0.29) is 6.61 Å². The van der Waals surface area contributed by atoms with Gasteiger partial charge in [0.05, 0.1) is 35.5 Å². The number of hydrogen-bond acceptors (Lipinski definition) is 9. The Hall–Kier alpha value is -2.25. The molecule has 1 unspecified atom stereocenters. The molecular weight excluding hydrogens is 500 g/mol. The van der Waals surface area contributed by atoms with Gasteiger partial charge in [0.2, 0.25) is 10.0 Å². The highest BCUT2D eigenvalue weighted by molar-refractivity contribution is 8.13. The first-order valence-electron chi connectivity index (χ1n) is 12.5. The van der Waals surface area contributed by atoms with E-state index in [1.807, 2.05) is 18.2 Å². The van der Waals surface area contributed by atoms with Gasteiger partial charge in [0.15, 0.2) is 5.82 Å². The predicted molar refractivity (Wildman–Crippen MR) is 138 cm³/mol. The summed E-state index contributed by atoms with van der Waals surface area (Å²) in [4.78, 5) is 13.0. The molecule has 6 rings (SSSR count). The van der Waals surface area contributed by atoms with Crippen molar-refractivity contribution in [1.29, 1.82) is 0 Å². The van der Waals surface area contributed by atoms with Crippen molar-refractivity contribution in [1.82, 2.24) is 24.5 Å². The van der Waals surface area contributed by atoms with E-state index in [0.29, 0.717) is 57.6 Å². The summed E-state index contributed by atoms with van der Waals surface area (Å²) in [6, 6.07) is 5.89. The summed E-state index contributed by atoms with van der Waals surface area (Å²) >= 11 is 1.38. The van der Waals surface area contributed by atoms with Crippen molar-refractivity contribution < 1.29 is 18.3 Å². The number of sulfonamides is 1. The Morgan fingerprint density at radius 1 is 1.14 bits per heavy atom. The van der Waals surface area contributed by atoms with Crippen LogP contribution in [0.25, 0.3) is 22.3 Å². The van der Waals surface area contributed by atoms with Gasteiger partial charge in [-0.3, -0.25) is 5.10 Å². The Morgan fingerprint density at radius 3 is 2.72 bits per heavy atom. The average molecular weight is 531 g/mol. The van der Waals surface area contributed by atoms with Gasteiger partial charge < -0.3 is 14.7 Å². The second-order valence-electron chi connectivity index (χ2n) is 9.53. The number of thioether (sulfide) groups is 1. The number of benzene rings is 1. The fourth-order valence-corrected chi connectivity index (χ4v) is 8.92. The van der Waals surface area contributed by atoms with Crippen LogP contribution in [0.1, 0.15) is 25.0 Å².